The molecule has 0 aliphatic heterocycles. The van der Waals surface area contributed by atoms with E-state index in [-0.39, 0.29) is 12.5 Å². The van der Waals surface area contributed by atoms with Crippen molar-refractivity contribution in [1.82, 2.24) is 9.88 Å². The van der Waals surface area contributed by atoms with Crippen LogP contribution >= 0.6 is 11.6 Å². The van der Waals surface area contributed by atoms with Crippen LogP contribution < -0.4 is 11.1 Å². The van der Waals surface area contributed by atoms with E-state index >= 15 is 0 Å². The maximum atomic E-state index is 12.0. The Hall–Kier alpha value is -2.11. The van der Waals surface area contributed by atoms with Crippen LogP contribution in [0.5, 0.6) is 0 Å². The summed E-state index contributed by atoms with van der Waals surface area (Å²) < 4.78 is 0. The van der Waals surface area contributed by atoms with Gasteiger partial charge in [-0.1, -0.05) is 11.6 Å². The number of anilines is 2. The highest BCUT2D eigenvalue weighted by Gasteiger charge is 2.09. The van der Waals surface area contributed by atoms with Gasteiger partial charge in [0.2, 0.25) is 5.91 Å². The molecule has 1 aromatic heterocycles. The van der Waals surface area contributed by atoms with E-state index in [9.17, 15) is 4.79 Å². The lowest BCUT2D eigenvalue weighted by atomic mass is 10.2. The maximum Gasteiger partial charge on any atom is 0.238 e. The minimum atomic E-state index is -0.138. The number of pyridine rings is 1. The number of nitrogen functional groups attached to an aromatic ring is 1. The minimum Gasteiger partial charge on any atom is -0.397 e. The Kier molecular flexibility index (Phi) is 5.14. The van der Waals surface area contributed by atoms with Crippen LogP contribution in [0.1, 0.15) is 5.56 Å². The molecule has 1 amide bonds. The molecule has 0 fully saturated rings. The lowest BCUT2D eigenvalue weighted by Crippen LogP contribution is -2.30. The SMILES string of the molecule is CN(CC(=O)Nc1cc(Cl)ccc1N)Cc1ccncc1. The second-order valence-electron chi connectivity index (χ2n) is 4.81. The second-order valence-corrected chi connectivity index (χ2v) is 5.24. The predicted molar refractivity (Wildman–Crippen MR) is 85.1 cm³/mol. The van der Waals surface area contributed by atoms with Crippen molar-refractivity contribution in [2.75, 3.05) is 24.6 Å². The molecule has 0 saturated carbocycles. The van der Waals surface area contributed by atoms with Gasteiger partial charge in [-0.25, -0.2) is 0 Å². The summed E-state index contributed by atoms with van der Waals surface area (Å²) in [4.78, 5) is 17.9. The van der Waals surface area contributed by atoms with Gasteiger partial charge in [-0.2, -0.15) is 0 Å². The molecule has 110 valence electrons. The molecule has 2 aromatic rings. The first-order chi connectivity index (χ1) is 10.0. The number of hydrogen-bond donors (Lipinski definition) is 2. The van der Waals surface area contributed by atoms with Crippen LogP contribution in [0.3, 0.4) is 0 Å². The average molecular weight is 305 g/mol. The van der Waals surface area contributed by atoms with Gasteiger partial charge < -0.3 is 11.1 Å². The number of rotatable bonds is 5. The monoisotopic (exact) mass is 304 g/mol. The molecule has 1 aromatic carbocycles. The van der Waals surface area contributed by atoms with E-state index in [0.29, 0.717) is 22.9 Å². The van der Waals surface area contributed by atoms with Crippen molar-refractivity contribution >= 4 is 28.9 Å². The van der Waals surface area contributed by atoms with Gasteiger partial charge in [-0.05, 0) is 42.9 Å². The number of amides is 1. The number of nitrogens with two attached hydrogens (primary N) is 1. The van der Waals surface area contributed by atoms with Gasteiger partial charge in [0.25, 0.3) is 0 Å². The fraction of sp³-hybridized carbons (Fsp3) is 0.200. The third-order valence-corrected chi connectivity index (χ3v) is 3.14. The van der Waals surface area contributed by atoms with Crippen LogP contribution in [-0.2, 0) is 11.3 Å². The number of carbonyl (C=O) groups is 1. The largest absolute Gasteiger partial charge is 0.397 e. The Morgan fingerprint density at radius 3 is 2.76 bits per heavy atom. The van der Waals surface area contributed by atoms with Gasteiger partial charge in [0, 0.05) is 24.0 Å². The Labute approximate surface area is 128 Å². The molecular weight excluding hydrogens is 288 g/mol. The summed E-state index contributed by atoms with van der Waals surface area (Å²) in [7, 11) is 1.88. The molecular formula is C15H17ClN4O. The van der Waals surface area contributed by atoms with Crippen molar-refractivity contribution in [3.8, 4) is 0 Å². The van der Waals surface area contributed by atoms with Gasteiger partial charge in [0.1, 0.15) is 0 Å². The summed E-state index contributed by atoms with van der Waals surface area (Å²) in [5, 5.41) is 3.30. The third kappa shape index (κ3) is 4.73. The Bertz CT molecular complexity index is 618. The standard InChI is InChI=1S/C15H17ClN4O/c1-20(9-11-4-6-18-7-5-11)10-15(21)19-14-8-12(16)2-3-13(14)17/h2-8H,9-10,17H2,1H3,(H,19,21). The Morgan fingerprint density at radius 1 is 1.33 bits per heavy atom. The van der Waals surface area contributed by atoms with Gasteiger partial charge in [0.15, 0.2) is 0 Å². The number of nitrogens with one attached hydrogen (secondary N) is 1. The summed E-state index contributed by atoms with van der Waals surface area (Å²) in [5.74, 6) is -0.138. The lowest BCUT2D eigenvalue weighted by molar-refractivity contribution is -0.117. The predicted octanol–water partition coefficient (Wildman–Crippen LogP) is 2.39. The molecule has 0 spiro atoms. The molecule has 2 rings (SSSR count). The van der Waals surface area contributed by atoms with Crippen molar-refractivity contribution in [3.05, 3.63) is 53.3 Å². The summed E-state index contributed by atoms with van der Waals surface area (Å²) in [6.45, 7) is 0.926. The zero-order chi connectivity index (χ0) is 15.2. The Morgan fingerprint density at radius 2 is 2.05 bits per heavy atom. The van der Waals surface area contributed by atoms with Crippen LogP contribution in [0.4, 0.5) is 11.4 Å². The van der Waals surface area contributed by atoms with Gasteiger partial charge in [-0.15, -0.1) is 0 Å². The molecule has 0 unspecified atom stereocenters. The van der Waals surface area contributed by atoms with Crippen LogP contribution in [0, 0.1) is 0 Å². The molecule has 5 nitrogen and oxygen atoms in total. The van der Waals surface area contributed by atoms with Crippen molar-refractivity contribution in [2.45, 2.75) is 6.54 Å². The molecule has 6 heteroatoms. The smallest absolute Gasteiger partial charge is 0.238 e. The van der Waals surface area contributed by atoms with E-state index in [1.54, 1.807) is 30.6 Å². The molecule has 1 heterocycles. The van der Waals surface area contributed by atoms with Crippen LogP contribution in [0.2, 0.25) is 5.02 Å². The number of aromatic nitrogens is 1. The minimum absolute atomic E-state index is 0.138. The van der Waals surface area contributed by atoms with Gasteiger partial charge in [-0.3, -0.25) is 14.7 Å². The average Bonchev–Trinajstić information content (AvgIpc) is 2.43. The molecule has 0 saturated heterocycles. The quantitative estimate of drug-likeness (QED) is 0.832. The zero-order valence-corrected chi connectivity index (χ0v) is 12.5. The summed E-state index contributed by atoms with van der Waals surface area (Å²) in [6.07, 6.45) is 3.46. The van der Waals surface area contributed by atoms with Crippen LogP contribution in [-0.4, -0.2) is 29.4 Å². The molecule has 0 bridgehead atoms. The van der Waals surface area contributed by atoms with Crippen LogP contribution in [0.25, 0.3) is 0 Å². The number of halogens is 1. The topological polar surface area (TPSA) is 71.2 Å². The highest BCUT2D eigenvalue weighted by atomic mass is 35.5. The van der Waals surface area contributed by atoms with E-state index in [1.165, 1.54) is 0 Å². The normalized spacial score (nSPS) is 10.6. The summed E-state index contributed by atoms with van der Waals surface area (Å²) in [5.41, 5.74) is 7.92. The van der Waals surface area contributed by atoms with Crippen molar-refractivity contribution in [1.29, 1.82) is 0 Å². The molecule has 0 aliphatic rings. The van der Waals surface area contributed by atoms with Crippen molar-refractivity contribution in [2.24, 2.45) is 0 Å². The fourth-order valence-corrected chi connectivity index (χ4v) is 2.10. The number of nitrogens with zero attached hydrogens (tertiary/aromatic N) is 2. The van der Waals surface area contributed by atoms with E-state index in [1.807, 2.05) is 24.1 Å². The number of benzene rings is 1. The van der Waals surface area contributed by atoms with Gasteiger partial charge >= 0.3 is 0 Å². The fourth-order valence-electron chi connectivity index (χ4n) is 1.93. The van der Waals surface area contributed by atoms with E-state index in [4.69, 9.17) is 17.3 Å². The molecule has 0 atom stereocenters. The zero-order valence-electron chi connectivity index (χ0n) is 11.7. The number of likely N-dealkylation sites (N-methyl/N-ethyl adjacent to an activating group) is 1. The van der Waals surface area contributed by atoms with E-state index < -0.39 is 0 Å². The molecule has 0 radical (unpaired) electrons. The molecule has 21 heavy (non-hydrogen) atoms. The van der Waals surface area contributed by atoms with E-state index in [2.05, 4.69) is 10.3 Å². The lowest BCUT2D eigenvalue weighted by Gasteiger charge is -2.16. The third-order valence-electron chi connectivity index (χ3n) is 2.90. The highest BCUT2D eigenvalue weighted by Crippen LogP contribution is 2.22. The van der Waals surface area contributed by atoms with E-state index in [0.717, 1.165) is 5.56 Å². The number of hydrogen-bond acceptors (Lipinski definition) is 4. The summed E-state index contributed by atoms with van der Waals surface area (Å²) >= 11 is 5.89. The number of carbonyl (C=O) groups excluding carboxylic acids is 1. The maximum absolute atomic E-state index is 12.0. The van der Waals surface area contributed by atoms with Crippen molar-refractivity contribution in [3.63, 3.8) is 0 Å². The summed E-state index contributed by atoms with van der Waals surface area (Å²) in [6, 6.07) is 8.82. The van der Waals surface area contributed by atoms with Crippen LogP contribution in [0.15, 0.2) is 42.7 Å². The van der Waals surface area contributed by atoms with Gasteiger partial charge in [0.05, 0.1) is 17.9 Å². The first-order valence-electron chi connectivity index (χ1n) is 6.47. The first kappa shape index (κ1) is 15.3. The Balaban J connectivity index is 1.91. The second kappa shape index (κ2) is 7.06. The van der Waals surface area contributed by atoms with Crippen molar-refractivity contribution < 1.29 is 4.79 Å². The first-order valence-corrected chi connectivity index (χ1v) is 6.84. The molecule has 0 aliphatic carbocycles. The molecule has 3 N–H and O–H groups in total. The highest BCUT2D eigenvalue weighted by molar-refractivity contribution is 6.31.